The van der Waals surface area contributed by atoms with Gasteiger partial charge in [-0.05, 0) is 28.8 Å². The van der Waals surface area contributed by atoms with Crippen molar-refractivity contribution in [2.24, 2.45) is 12.2 Å². The first-order valence-corrected chi connectivity index (χ1v) is 18.9. The minimum atomic E-state index is -0.940. The number of anilines is 1. The lowest BCUT2D eigenvalue weighted by Crippen LogP contribution is -2.71. The van der Waals surface area contributed by atoms with Gasteiger partial charge >= 0.3 is 5.97 Å². The summed E-state index contributed by atoms with van der Waals surface area (Å²) in [5.74, 6) is -1.35. The zero-order valence-electron chi connectivity index (χ0n) is 28.0. The molecule has 264 valence electrons. The van der Waals surface area contributed by atoms with Crippen molar-refractivity contribution in [2.75, 3.05) is 18.6 Å². The zero-order valence-corrected chi connectivity index (χ0v) is 30.5. The number of carbonyl (C=O) groups excluding carboxylic acids is 3. The van der Waals surface area contributed by atoms with Gasteiger partial charge in [-0.25, -0.2) is 14.8 Å². The second-order valence-electron chi connectivity index (χ2n) is 11.8. The number of hydrogen-bond donors (Lipinski definition) is 2. The number of thiazole rings is 1. The van der Waals surface area contributed by atoms with E-state index in [0.29, 0.717) is 17.7 Å². The highest BCUT2D eigenvalue weighted by molar-refractivity contribution is 8.00. The van der Waals surface area contributed by atoms with Crippen molar-refractivity contribution in [3.8, 4) is 0 Å². The maximum Gasteiger partial charge on any atom is 0.356 e. The van der Waals surface area contributed by atoms with Gasteiger partial charge in [0, 0.05) is 41.4 Å². The number of nitrogen functional groups attached to an aromatic ring is 1. The molecule has 2 aliphatic rings. The van der Waals surface area contributed by atoms with E-state index >= 15 is 0 Å². The summed E-state index contributed by atoms with van der Waals surface area (Å²) in [5.41, 5.74) is 9.20. The number of nitrogens with one attached hydrogen (secondary N) is 1. The van der Waals surface area contributed by atoms with E-state index in [0.717, 1.165) is 38.2 Å². The van der Waals surface area contributed by atoms with Crippen LogP contribution in [0.25, 0.3) is 0 Å². The number of oxime groups is 1. The van der Waals surface area contributed by atoms with Crippen LogP contribution in [0.4, 0.5) is 5.13 Å². The Bertz CT molecular complexity index is 2120. The van der Waals surface area contributed by atoms with E-state index in [-0.39, 0.29) is 22.2 Å². The molecule has 0 bridgehead atoms. The number of benzene rings is 3. The third kappa shape index (κ3) is 7.20. The molecule has 12 nitrogen and oxygen atoms in total. The van der Waals surface area contributed by atoms with Gasteiger partial charge in [-0.3, -0.25) is 14.5 Å². The van der Waals surface area contributed by atoms with Crippen LogP contribution in [0.5, 0.6) is 0 Å². The Hall–Kier alpha value is -5.38. The van der Waals surface area contributed by atoms with E-state index in [4.69, 9.17) is 15.3 Å². The molecule has 15 heteroatoms. The molecule has 2 aromatic heterocycles. The predicted molar refractivity (Wildman–Crippen MR) is 200 cm³/mol. The summed E-state index contributed by atoms with van der Waals surface area (Å²) in [5, 5.41) is 8.68. The number of fused-ring (bicyclic) bond motifs is 1. The highest BCUT2D eigenvalue weighted by Gasteiger charge is 2.55. The number of β-lactam (4-membered cyclic amide) rings is 1. The summed E-state index contributed by atoms with van der Waals surface area (Å²) in [7, 11) is 3.24. The van der Waals surface area contributed by atoms with E-state index in [9.17, 15) is 14.4 Å². The molecule has 1 fully saturated rings. The topological polar surface area (TPSA) is 154 Å². The minimum Gasteiger partial charge on any atom is -0.448 e. The molecule has 2 unspecified atom stereocenters. The van der Waals surface area contributed by atoms with E-state index in [1.165, 1.54) is 35.5 Å². The van der Waals surface area contributed by atoms with Gasteiger partial charge < -0.3 is 25.2 Å². The highest BCUT2D eigenvalue weighted by atomic mass is 32.2. The highest BCUT2D eigenvalue weighted by Crippen LogP contribution is 2.43. The van der Waals surface area contributed by atoms with Gasteiger partial charge in [0.05, 0.1) is 0 Å². The first kappa shape index (κ1) is 35.0. The number of ether oxygens (including phenoxy) is 1. The van der Waals surface area contributed by atoms with Crippen molar-refractivity contribution in [3.05, 3.63) is 136 Å². The summed E-state index contributed by atoms with van der Waals surface area (Å²) in [4.78, 5) is 58.1. The normalized spacial score (nSPS) is 17.1. The van der Waals surface area contributed by atoms with E-state index < -0.39 is 35.3 Å². The molecule has 0 saturated carbocycles. The van der Waals surface area contributed by atoms with Gasteiger partial charge in [0.2, 0.25) is 0 Å². The molecule has 2 aliphatic heterocycles. The molecule has 2 atom stereocenters. The first-order valence-electron chi connectivity index (χ1n) is 16.2. The number of imidazole rings is 1. The number of carbonyl (C=O) groups is 3. The van der Waals surface area contributed by atoms with Gasteiger partial charge in [-0.15, -0.1) is 23.1 Å². The molecular formula is C37H33N7O5S3. The number of thioether (sulfide) groups is 1. The standard InChI is InChI=1S/C37H33N7O5S3/c1-43-25(19-39-37(43)52-26-16-10-5-11-17-26)18-24-20-50-34-29(41-32(45)28(42-48-2)27-21-51-36(38)40-27)33(46)44(34)30(24)35(47)49-31(22-12-6-3-7-13-22)23-14-8-4-9-15-23/h3-17,19,21,29,31,34H,18,20H2,1-2H3,(H2,38,40)(H,41,45)/b42-28-. The lowest BCUT2D eigenvalue weighted by molar-refractivity contribution is -0.154. The summed E-state index contributed by atoms with van der Waals surface area (Å²) in [6.45, 7) is 0. The molecule has 7 rings (SSSR count). The molecule has 52 heavy (non-hydrogen) atoms. The number of esters is 1. The molecule has 0 radical (unpaired) electrons. The summed E-state index contributed by atoms with van der Waals surface area (Å²) in [6.07, 6.45) is 1.41. The average molecular weight is 752 g/mol. The minimum absolute atomic E-state index is 0.118. The SMILES string of the molecule is CO/N=C(\C(=O)NC1C(=O)N2C(C(=O)OC(c3ccccc3)c3ccccc3)=C(Cc3cnc(Sc4ccccc4)n3C)CSC12)c1csc(N)n1. The van der Waals surface area contributed by atoms with Crippen molar-refractivity contribution in [1.29, 1.82) is 0 Å². The monoisotopic (exact) mass is 751 g/mol. The fraction of sp³-hybridized carbons (Fsp3) is 0.189. The van der Waals surface area contributed by atoms with Crippen molar-refractivity contribution in [3.63, 3.8) is 0 Å². The van der Waals surface area contributed by atoms with Crippen LogP contribution >= 0.6 is 34.9 Å². The molecular weight excluding hydrogens is 719 g/mol. The third-order valence-corrected chi connectivity index (χ3v) is 11.6. The number of rotatable bonds is 12. The van der Waals surface area contributed by atoms with Gasteiger partial charge in [0.15, 0.2) is 22.1 Å². The van der Waals surface area contributed by atoms with Crippen LogP contribution in [-0.2, 0) is 37.4 Å². The maximum absolute atomic E-state index is 14.5. The summed E-state index contributed by atoms with van der Waals surface area (Å²) >= 11 is 4.14. The van der Waals surface area contributed by atoms with Gasteiger partial charge in [-0.2, -0.15) is 0 Å². The van der Waals surface area contributed by atoms with Gasteiger partial charge in [0.1, 0.15) is 29.9 Å². The van der Waals surface area contributed by atoms with Crippen LogP contribution in [0.15, 0.2) is 129 Å². The third-order valence-electron chi connectivity index (χ3n) is 8.51. The van der Waals surface area contributed by atoms with Crippen molar-refractivity contribution < 1.29 is 24.0 Å². The summed E-state index contributed by atoms with van der Waals surface area (Å²) in [6, 6.07) is 28.0. The van der Waals surface area contributed by atoms with Crippen molar-refractivity contribution >= 4 is 63.5 Å². The Morgan fingerprint density at radius 2 is 1.69 bits per heavy atom. The number of nitrogens with two attached hydrogens (primary N) is 1. The quantitative estimate of drug-likeness (QED) is 0.0754. The zero-order chi connectivity index (χ0) is 36.2. The first-order chi connectivity index (χ1) is 25.3. The second kappa shape index (κ2) is 15.5. The fourth-order valence-electron chi connectivity index (χ4n) is 5.95. The van der Waals surface area contributed by atoms with E-state index in [2.05, 4.69) is 20.4 Å². The van der Waals surface area contributed by atoms with Crippen LogP contribution < -0.4 is 11.1 Å². The number of amides is 2. The lowest BCUT2D eigenvalue weighted by Gasteiger charge is -2.49. The molecule has 0 aliphatic carbocycles. The largest absolute Gasteiger partial charge is 0.448 e. The molecule has 4 heterocycles. The number of hydrogen-bond acceptors (Lipinski definition) is 12. The van der Waals surface area contributed by atoms with Crippen LogP contribution in [-0.4, -0.2) is 67.2 Å². The van der Waals surface area contributed by atoms with Crippen molar-refractivity contribution in [2.45, 2.75) is 34.0 Å². The summed E-state index contributed by atoms with van der Waals surface area (Å²) < 4.78 is 8.31. The Balaban J connectivity index is 1.20. The Kier molecular flexibility index (Phi) is 10.4. The Morgan fingerprint density at radius 3 is 2.31 bits per heavy atom. The van der Waals surface area contributed by atoms with E-state index in [1.807, 2.05) is 103 Å². The molecule has 2 amide bonds. The number of nitrogens with zero attached hydrogens (tertiary/aromatic N) is 5. The van der Waals surface area contributed by atoms with Crippen LogP contribution in [0, 0.1) is 0 Å². The van der Waals surface area contributed by atoms with Crippen molar-refractivity contribution in [1.82, 2.24) is 24.8 Å². The molecule has 0 spiro atoms. The van der Waals surface area contributed by atoms with E-state index in [1.54, 1.807) is 11.6 Å². The van der Waals surface area contributed by atoms with Gasteiger partial charge in [0.25, 0.3) is 11.8 Å². The second-order valence-corrected chi connectivity index (χ2v) is 14.8. The van der Waals surface area contributed by atoms with Crippen LogP contribution in [0.3, 0.4) is 0 Å². The smallest absolute Gasteiger partial charge is 0.356 e. The molecule has 3 N–H and O–H groups in total. The molecule has 1 saturated heterocycles. The Morgan fingerprint density at radius 1 is 1.04 bits per heavy atom. The fourth-order valence-corrected chi connectivity index (χ4v) is 8.71. The van der Waals surface area contributed by atoms with Crippen LogP contribution in [0.1, 0.15) is 28.6 Å². The van der Waals surface area contributed by atoms with Gasteiger partial charge in [-0.1, -0.05) is 95.8 Å². The lowest BCUT2D eigenvalue weighted by atomic mass is 9.99. The Labute approximate surface area is 312 Å². The molecule has 3 aromatic carbocycles. The van der Waals surface area contributed by atoms with Crippen LogP contribution in [0.2, 0.25) is 0 Å². The molecule has 5 aromatic rings. The average Bonchev–Trinajstić information content (AvgIpc) is 3.76. The predicted octanol–water partition coefficient (Wildman–Crippen LogP) is 5.19. The maximum atomic E-state index is 14.5. The number of aromatic nitrogens is 3.